The van der Waals surface area contributed by atoms with E-state index in [0.29, 0.717) is 5.92 Å². The highest BCUT2D eigenvalue weighted by atomic mass is 35.5. The Morgan fingerprint density at radius 3 is 2.85 bits per heavy atom. The lowest BCUT2D eigenvalue weighted by molar-refractivity contribution is 0.863. The van der Waals surface area contributed by atoms with Gasteiger partial charge in [0.1, 0.15) is 10.8 Å². The van der Waals surface area contributed by atoms with Crippen molar-refractivity contribution in [2.45, 2.75) is 19.8 Å². The zero-order valence-electron chi connectivity index (χ0n) is 7.66. The van der Waals surface area contributed by atoms with Crippen LogP contribution in [0.1, 0.15) is 25.3 Å². The summed E-state index contributed by atoms with van der Waals surface area (Å²) in [7, 11) is 0. The summed E-state index contributed by atoms with van der Waals surface area (Å²) in [6.45, 7) is 4.29. The van der Waals surface area contributed by atoms with E-state index in [0.717, 1.165) is 10.8 Å². The Labute approximate surface area is 82.2 Å². The predicted octanol–water partition coefficient (Wildman–Crippen LogP) is 3.11. The minimum absolute atomic E-state index is 0.485. The molecule has 3 heteroatoms. The summed E-state index contributed by atoms with van der Waals surface area (Å²) in [5, 5.41) is 0.721. The second-order valence-corrected chi connectivity index (χ2v) is 3.81. The molecular weight excluding hydrogens is 184 g/mol. The Morgan fingerprint density at radius 2 is 2.15 bits per heavy atom. The van der Waals surface area contributed by atoms with Gasteiger partial charge in [0.25, 0.3) is 0 Å². The van der Waals surface area contributed by atoms with Crippen LogP contribution in [-0.2, 0) is 0 Å². The third kappa shape index (κ3) is 1.42. The van der Waals surface area contributed by atoms with Gasteiger partial charge in [-0.1, -0.05) is 25.4 Å². The lowest BCUT2D eigenvalue weighted by Crippen LogP contribution is -1.92. The molecule has 0 N–H and O–H groups in total. The Morgan fingerprint density at radius 1 is 1.38 bits per heavy atom. The highest BCUT2D eigenvalue weighted by Gasteiger charge is 2.04. The van der Waals surface area contributed by atoms with E-state index >= 15 is 0 Å². The van der Waals surface area contributed by atoms with Gasteiger partial charge in [-0.25, -0.2) is 4.98 Å². The van der Waals surface area contributed by atoms with Crippen LogP contribution in [0, 0.1) is 0 Å². The van der Waals surface area contributed by atoms with Gasteiger partial charge >= 0.3 is 0 Å². The van der Waals surface area contributed by atoms with Crippen LogP contribution in [0.3, 0.4) is 0 Å². The SMILES string of the molecule is CC(C)c1cc(Cl)n2ccnc2c1. The van der Waals surface area contributed by atoms with Crippen molar-refractivity contribution in [3.63, 3.8) is 0 Å². The highest BCUT2D eigenvalue weighted by Crippen LogP contribution is 2.21. The Kier molecular flexibility index (Phi) is 2.00. The molecule has 0 saturated heterocycles. The van der Waals surface area contributed by atoms with E-state index in [9.17, 15) is 0 Å². The number of halogens is 1. The molecule has 2 rings (SSSR count). The van der Waals surface area contributed by atoms with Gasteiger partial charge < -0.3 is 0 Å². The van der Waals surface area contributed by atoms with Crippen LogP contribution >= 0.6 is 11.6 Å². The van der Waals surface area contributed by atoms with Gasteiger partial charge in [-0.2, -0.15) is 0 Å². The van der Waals surface area contributed by atoms with Crippen LogP contribution in [-0.4, -0.2) is 9.38 Å². The number of imidazole rings is 1. The fourth-order valence-electron chi connectivity index (χ4n) is 1.33. The van der Waals surface area contributed by atoms with Gasteiger partial charge in [0.2, 0.25) is 0 Å². The third-order valence-electron chi connectivity index (χ3n) is 2.15. The molecular formula is C10H11ClN2. The van der Waals surface area contributed by atoms with E-state index in [1.54, 1.807) is 6.20 Å². The fraction of sp³-hybridized carbons (Fsp3) is 0.300. The first-order valence-electron chi connectivity index (χ1n) is 4.31. The Hall–Kier alpha value is -1.02. The summed E-state index contributed by atoms with van der Waals surface area (Å²) >= 11 is 6.07. The minimum Gasteiger partial charge on any atom is -0.290 e. The highest BCUT2D eigenvalue weighted by molar-refractivity contribution is 6.29. The van der Waals surface area contributed by atoms with Crippen LogP contribution in [0.5, 0.6) is 0 Å². The smallest absolute Gasteiger partial charge is 0.138 e. The topological polar surface area (TPSA) is 17.3 Å². The molecule has 2 aromatic rings. The standard InChI is InChI=1S/C10H11ClN2/c1-7(2)8-5-9(11)13-4-3-12-10(13)6-8/h3-7H,1-2H3. The average molecular weight is 195 g/mol. The summed E-state index contributed by atoms with van der Waals surface area (Å²) in [5.41, 5.74) is 2.14. The first kappa shape index (κ1) is 8.57. The van der Waals surface area contributed by atoms with E-state index in [1.807, 2.05) is 16.7 Å². The quantitative estimate of drug-likeness (QED) is 0.638. The molecule has 0 bridgehead atoms. The van der Waals surface area contributed by atoms with Crippen LogP contribution in [0.15, 0.2) is 24.5 Å². The summed E-state index contributed by atoms with van der Waals surface area (Å²) < 4.78 is 1.87. The van der Waals surface area contributed by atoms with E-state index < -0.39 is 0 Å². The molecule has 2 aromatic heterocycles. The van der Waals surface area contributed by atoms with Crippen molar-refractivity contribution >= 4 is 17.2 Å². The molecule has 68 valence electrons. The van der Waals surface area contributed by atoms with Crippen LogP contribution in [0.25, 0.3) is 5.65 Å². The van der Waals surface area contributed by atoms with Crippen molar-refractivity contribution < 1.29 is 0 Å². The first-order chi connectivity index (χ1) is 6.18. The summed E-state index contributed by atoms with van der Waals surface area (Å²) in [4.78, 5) is 4.20. The van der Waals surface area contributed by atoms with Gasteiger partial charge in [-0.05, 0) is 23.6 Å². The molecule has 13 heavy (non-hydrogen) atoms. The van der Waals surface area contributed by atoms with Gasteiger partial charge in [0, 0.05) is 12.4 Å². The molecule has 2 heterocycles. The van der Waals surface area contributed by atoms with Crippen molar-refractivity contribution in [3.8, 4) is 0 Å². The lowest BCUT2D eigenvalue weighted by Gasteiger charge is -2.06. The maximum atomic E-state index is 6.07. The second-order valence-electron chi connectivity index (χ2n) is 3.42. The molecule has 0 atom stereocenters. The van der Waals surface area contributed by atoms with Crippen molar-refractivity contribution in [2.24, 2.45) is 0 Å². The van der Waals surface area contributed by atoms with Crippen LogP contribution in [0.4, 0.5) is 0 Å². The molecule has 0 aliphatic heterocycles. The molecule has 0 fully saturated rings. The van der Waals surface area contributed by atoms with E-state index in [-0.39, 0.29) is 0 Å². The minimum atomic E-state index is 0.485. The summed E-state index contributed by atoms with van der Waals surface area (Å²) in [5.74, 6) is 0.485. The van der Waals surface area contributed by atoms with Gasteiger partial charge in [-0.3, -0.25) is 4.40 Å². The summed E-state index contributed by atoms with van der Waals surface area (Å²) in [6, 6.07) is 4.05. The average Bonchev–Trinajstić information content (AvgIpc) is 2.51. The van der Waals surface area contributed by atoms with Crippen LogP contribution in [0.2, 0.25) is 5.15 Å². The Bertz CT molecular complexity index is 431. The normalized spacial score (nSPS) is 11.4. The zero-order chi connectivity index (χ0) is 9.42. The molecule has 2 nitrogen and oxygen atoms in total. The number of aromatic nitrogens is 2. The first-order valence-corrected chi connectivity index (χ1v) is 4.69. The number of fused-ring (bicyclic) bond motifs is 1. The number of rotatable bonds is 1. The molecule has 0 saturated carbocycles. The van der Waals surface area contributed by atoms with Crippen molar-refractivity contribution in [3.05, 3.63) is 35.2 Å². The number of hydrogen-bond acceptors (Lipinski definition) is 1. The maximum absolute atomic E-state index is 6.07. The van der Waals surface area contributed by atoms with Crippen molar-refractivity contribution in [1.82, 2.24) is 9.38 Å². The predicted molar refractivity (Wildman–Crippen MR) is 54.3 cm³/mol. The van der Waals surface area contributed by atoms with Crippen molar-refractivity contribution in [2.75, 3.05) is 0 Å². The molecule has 0 unspecified atom stereocenters. The third-order valence-corrected chi connectivity index (χ3v) is 2.44. The second kappa shape index (κ2) is 3.04. The molecule has 0 spiro atoms. The fourth-order valence-corrected chi connectivity index (χ4v) is 1.60. The molecule has 0 aromatic carbocycles. The number of hydrogen-bond donors (Lipinski definition) is 0. The monoisotopic (exact) mass is 194 g/mol. The molecule has 0 radical (unpaired) electrons. The van der Waals surface area contributed by atoms with Gasteiger partial charge in [-0.15, -0.1) is 0 Å². The number of nitrogens with zero attached hydrogens (tertiary/aromatic N) is 2. The van der Waals surface area contributed by atoms with Crippen molar-refractivity contribution in [1.29, 1.82) is 0 Å². The zero-order valence-corrected chi connectivity index (χ0v) is 8.42. The molecule has 0 amide bonds. The maximum Gasteiger partial charge on any atom is 0.138 e. The van der Waals surface area contributed by atoms with Crippen LogP contribution < -0.4 is 0 Å². The van der Waals surface area contributed by atoms with E-state index in [4.69, 9.17) is 11.6 Å². The molecule has 0 aliphatic rings. The van der Waals surface area contributed by atoms with E-state index in [1.165, 1.54) is 5.56 Å². The summed E-state index contributed by atoms with van der Waals surface area (Å²) in [6.07, 6.45) is 3.62. The Balaban J connectivity index is 2.70. The number of pyridine rings is 1. The molecule has 0 aliphatic carbocycles. The van der Waals surface area contributed by atoms with Gasteiger partial charge in [0.15, 0.2) is 0 Å². The van der Waals surface area contributed by atoms with E-state index in [2.05, 4.69) is 24.9 Å². The lowest BCUT2D eigenvalue weighted by atomic mass is 10.1. The largest absolute Gasteiger partial charge is 0.290 e. The van der Waals surface area contributed by atoms with Gasteiger partial charge in [0.05, 0.1) is 0 Å².